The van der Waals surface area contributed by atoms with E-state index in [1.807, 2.05) is 91.8 Å². The fraction of sp³-hybridized carbons (Fsp3) is 0.595. The van der Waals surface area contributed by atoms with Crippen molar-refractivity contribution in [3.63, 3.8) is 0 Å². The number of nitrogens with zero attached hydrogens (tertiary/aromatic N) is 10. The van der Waals surface area contributed by atoms with Crippen LogP contribution in [0.5, 0.6) is 23.3 Å². The van der Waals surface area contributed by atoms with Crippen LogP contribution in [0.3, 0.4) is 0 Å². The van der Waals surface area contributed by atoms with Gasteiger partial charge in [0.2, 0.25) is 35.5 Å². The van der Waals surface area contributed by atoms with Gasteiger partial charge in [0.15, 0.2) is 0 Å². The Kier molecular flexibility index (Phi) is 27.6. The number of anilines is 2. The Morgan fingerprint density at radius 2 is 0.951 bits per heavy atom. The van der Waals surface area contributed by atoms with Crippen molar-refractivity contribution in [1.29, 1.82) is 0 Å². The molecule has 4 aliphatic heterocycles. The molecule has 546 valence electrons. The molecule has 4 N–H and O–H groups in total. The number of fused-ring (bicyclic) bond motifs is 10. The summed E-state index contributed by atoms with van der Waals surface area (Å²) in [5, 5.41) is 12.0. The van der Waals surface area contributed by atoms with E-state index in [2.05, 4.69) is 53.8 Å². The summed E-state index contributed by atoms with van der Waals surface area (Å²) >= 11 is 0. The normalized spacial score (nSPS) is 25.7. The van der Waals surface area contributed by atoms with Crippen LogP contribution in [0.2, 0.25) is 0 Å². The molecule has 4 fully saturated rings. The van der Waals surface area contributed by atoms with Crippen molar-refractivity contribution in [2.45, 2.75) is 207 Å². The van der Waals surface area contributed by atoms with Crippen LogP contribution in [0.4, 0.5) is 21.5 Å². The minimum atomic E-state index is -0.916. The average Bonchev–Trinajstić information content (AvgIpc) is 1.56. The zero-order valence-electron chi connectivity index (χ0n) is 59.7. The Balaban J connectivity index is 0.000000233. The van der Waals surface area contributed by atoms with Gasteiger partial charge in [-0.3, -0.25) is 9.59 Å². The van der Waals surface area contributed by atoms with Crippen molar-refractivity contribution < 1.29 is 94.3 Å². The molecule has 102 heavy (non-hydrogen) atoms. The Hall–Kier alpha value is -7.93. The van der Waals surface area contributed by atoms with Crippen molar-refractivity contribution in [1.82, 2.24) is 60.3 Å². The second kappa shape index (κ2) is 36.0. The number of alkyl carbamates (subject to hydrolysis) is 2. The molecule has 4 aromatic heterocycles. The summed E-state index contributed by atoms with van der Waals surface area (Å²) in [5.74, 6) is 2.36. The van der Waals surface area contributed by atoms with Gasteiger partial charge in [-0.2, -0.15) is 0 Å². The first-order valence-corrected chi connectivity index (χ1v) is 35.8. The molecule has 28 heteroatoms. The minimum absolute atomic E-state index is 0. The Morgan fingerprint density at radius 3 is 1.38 bits per heavy atom. The fourth-order valence-electron chi connectivity index (χ4n) is 14.4. The molecule has 0 unspecified atom stereocenters. The van der Waals surface area contributed by atoms with Crippen LogP contribution >= 0.6 is 0 Å². The predicted octanol–water partition coefficient (Wildman–Crippen LogP) is 10.1. The van der Waals surface area contributed by atoms with Crippen molar-refractivity contribution in [2.75, 3.05) is 50.0 Å². The fourth-order valence-corrected chi connectivity index (χ4v) is 14.4. The van der Waals surface area contributed by atoms with Crippen molar-refractivity contribution >= 4 is 70.5 Å². The van der Waals surface area contributed by atoms with Gasteiger partial charge >= 0.3 is 12.2 Å². The minimum Gasteiger partial charge on any atom is -0.540 e. The van der Waals surface area contributed by atoms with E-state index in [0.717, 1.165) is 99.5 Å². The van der Waals surface area contributed by atoms with E-state index in [4.69, 9.17) is 48.4 Å². The van der Waals surface area contributed by atoms with Gasteiger partial charge in [-0.15, -0.1) is 0 Å². The summed E-state index contributed by atoms with van der Waals surface area (Å²) in [4.78, 5) is 119. The first kappa shape index (κ1) is 78.2. The average molecular weight is 1480 g/mol. The summed E-state index contributed by atoms with van der Waals surface area (Å²) < 4.78 is 37.0. The van der Waals surface area contributed by atoms with Gasteiger partial charge in [-0.25, -0.2) is 62.0 Å². The molecule has 6 aliphatic rings. The van der Waals surface area contributed by atoms with Gasteiger partial charge < -0.3 is 69.1 Å². The van der Waals surface area contributed by atoms with E-state index in [0.29, 0.717) is 104 Å². The van der Waals surface area contributed by atoms with Crippen LogP contribution in [0.25, 0.3) is 22.1 Å². The van der Waals surface area contributed by atoms with Crippen LogP contribution < -0.4 is 40.2 Å². The molecule has 4 bridgehead atoms. The molecular formula is C74H96N14O12V2-2. The molecule has 8 heterocycles. The smallest absolute Gasteiger partial charge is 0.408 e. The molecule has 0 spiro atoms. The van der Waals surface area contributed by atoms with Gasteiger partial charge in [0.25, 0.3) is 0 Å². The van der Waals surface area contributed by atoms with E-state index in [1.165, 1.54) is 9.80 Å². The van der Waals surface area contributed by atoms with E-state index in [-0.39, 0.29) is 92.0 Å². The van der Waals surface area contributed by atoms with Gasteiger partial charge in [0, 0.05) is 74.0 Å². The van der Waals surface area contributed by atoms with Gasteiger partial charge in [-0.1, -0.05) is 106 Å². The molecule has 2 saturated heterocycles. The van der Waals surface area contributed by atoms with Crippen molar-refractivity contribution in [3.8, 4) is 23.3 Å². The molecule has 2 saturated carbocycles. The van der Waals surface area contributed by atoms with Crippen molar-refractivity contribution in [2.24, 2.45) is 34.5 Å². The number of carbonyl (C=O) groups is 4. The molecule has 12 rings (SSSR count). The van der Waals surface area contributed by atoms with Crippen molar-refractivity contribution in [3.05, 3.63) is 84.7 Å². The molecule has 26 nitrogen and oxygen atoms in total. The predicted molar refractivity (Wildman–Crippen MR) is 373 cm³/mol. The summed E-state index contributed by atoms with van der Waals surface area (Å²) in [6.07, 6.45) is 22.2. The number of rotatable bonds is 14. The number of aromatic nitrogens is 8. The van der Waals surface area contributed by atoms with Gasteiger partial charge in [0.05, 0.1) is 48.2 Å². The van der Waals surface area contributed by atoms with Crippen LogP contribution in [0.1, 0.15) is 157 Å². The summed E-state index contributed by atoms with van der Waals surface area (Å²) in [6.45, 7) is 17.3. The number of hydrogen-bond acceptors (Lipinski definition) is 22. The standard InChI is InChI=1S/C38H50N7O6.C36H46N7O6.2V/c1-5-26-30(23-46)45-22-32(26)50-34-28(42-27-16-15-25(21-29(27)43-34)49-20-19-41-36-39-17-10-18-40-36)13-8-6-7-11-24-12-9-14-31(24)51-37(48)44-33(35(45)47)38(2,3)4;1-5-24-28(21-44)43-20-30(24)48-32-26(11-8-6-7-10-22-18-29(22)49-35(46)42-31(33(43)45)36(2,3)4)40-25-13-12-23(19-27(25)41-32)47-17-16-39-34-37-14-9-15-38-34;;/h10,15-18,21,24,26,30-33H,5-9,11-14,19-20,22H2,1-4H3,(H,44,48)(H,39,40,41);9,12-15,19,22,24,28-31H,5-8,10-11,16-18,20H2,1-4H3,(H,42,46)(H,37,38,39);;/q2*-1;;/t24-,26+,30-,31-,32+,33-;22-,24+,28-,29-,30+,31-;;/m11../s1. The molecule has 6 aromatic rings. The maximum Gasteiger partial charge on any atom is 0.408 e. The number of nitrogens with one attached hydrogen (secondary N) is 4. The van der Waals surface area contributed by atoms with Crippen LogP contribution in [0.15, 0.2) is 73.3 Å². The zero-order valence-corrected chi connectivity index (χ0v) is 62.5. The topological polar surface area (TPSA) is 316 Å². The van der Waals surface area contributed by atoms with Gasteiger partial charge in [-0.05, 0) is 135 Å². The molecular weight excluding hydrogens is 1380 g/mol. The van der Waals surface area contributed by atoms with Gasteiger partial charge in [0.1, 0.15) is 72.6 Å². The van der Waals surface area contributed by atoms with E-state index in [9.17, 15) is 28.8 Å². The Bertz CT molecular complexity index is 3800. The summed E-state index contributed by atoms with van der Waals surface area (Å²) in [7, 11) is 0. The Morgan fingerprint density at radius 1 is 0.520 bits per heavy atom. The number of benzene rings is 2. The zero-order chi connectivity index (χ0) is 70.5. The van der Waals surface area contributed by atoms with E-state index >= 15 is 0 Å². The van der Waals surface area contributed by atoms with E-state index in [1.54, 1.807) is 36.9 Å². The number of aryl methyl sites for hydroxylation is 2. The van der Waals surface area contributed by atoms with Crippen LogP contribution in [0, 0.1) is 34.5 Å². The van der Waals surface area contributed by atoms with Crippen LogP contribution in [-0.2, 0) is 78.6 Å². The number of amides is 4. The quantitative estimate of drug-likeness (QED) is 0.0582. The maximum absolute atomic E-state index is 14.3. The Labute approximate surface area is 620 Å². The maximum atomic E-state index is 14.3. The summed E-state index contributed by atoms with van der Waals surface area (Å²) in [5.41, 5.74) is 2.89. The SMILES string of the molecule is CC[C@@H]1[C@@H]2CN(C(=O)[C@H](C(C)(C)C)NC(=O)O[C@@H]3CCC[C@H]3CCCCCc3nc4ccc(OCCNc5ncccn5)cc4nc3O2)[C@@H]1[C-]=O.CC[C@@H]1[C@@H]2CN(C(=O)[C@H](C(C)(C)C)NC(=O)O[C@@H]3C[C@H]3CCCCCc3nc4ccc(OCCNc5ncccn5)cc4nc3O2)[C@@H]1[C-]=O.[V].[V]. The second-order valence-electron chi connectivity index (χ2n) is 29.2. The third-order valence-electron chi connectivity index (χ3n) is 19.9. The third-order valence-corrected chi connectivity index (χ3v) is 19.9. The largest absolute Gasteiger partial charge is 0.540 e. The molecule has 4 amide bonds. The molecule has 2 aliphatic carbocycles. The van der Waals surface area contributed by atoms with Crippen LogP contribution in [-0.4, -0.2) is 174 Å². The monoisotopic (exact) mass is 1470 g/mol. The first-order valence-electron chi connectivity index (χ1n) is 35.8. The molecule has 2 aromatic carbocycles. The van der Waals surface area contributed by atoms with E-state index < -0.39 is 59.4 Å². The second-order valence-corrected chi connectivity index (χ2v) is 29.2. The summed E-state index contributed by atoms with van der Waals surface area (Å²) in [6, 6.07) is 11.2. The molecule has 2 radical (unpaired) electrons. The first-order chi connectivity index (χ1) is 48.3. The molecule has 12 atom stereocenters. The third kappa shape index (κ3) is 19.9. The number of ether oxygens (including phenoxy) is 6. The number of carbonyl (C=O) groups excluding carboxylic acids is 6. The number of hydrogen-bond donors (Lipinski definition) is 4.